The number of nitrogens with one attached hydrogen (secondary N) is 1. The van der Waals surface area contributed by atoms with Gasteiger partial charge in [-0.15, -0.1) is 13.2 Å². The molecule has 0 spiro atoms. The molecule has 0 fully saturated rings. The number of halogens is 3. The number of nitrogens with two attached hydrogens (primary N) is 1. The molecule has 150 valence electrons. The van der Waals surface area contributed by atoms with Crippen LogP contribution in [-0.2, 0) is 4.79 Å². The van der Waals surface area contributed by atoms with E-state index in [-0.39, 0.29) is 24.2 Å². The van der Waals surface area contributed by atoms with Crippen LogP contribution in [0.5, 0.6) is 5.75 Å². The normalized spacial score (nSPS) is 11.3. The summed E-state index contributed by atoms with van der Waals surface area (Å²) >= 11 is 0. The van der Waals surface area contributed by atoms with E-state index in [1.54, 1.807) is 0 Å². The summed E-state index contributed by atoms with van der Waals surface area (Å²) in [5.41, 5.74) is 2.54. The van der Waals surface area contributed by atoms with Gasteiger partial charge in [0.15, 0.2) is 6.54 Å². The molecule has 0 aliphatic carbocycles. The molecule has 3 N–H and O–H groups in total. The highest BCUT2D eigenvalue weighted by Gasteiger charge is 2.31. The van der Waals surface area contributed by atoms with Crippen LogP contribution in [0.2, 0.25) is 0 Å². The van der Waals surface area contributed by atoms with Crippen molar-refractivity contribution in [3.8, 4) is 5.75 Å². The predicted octanol–water partition coefficient (Wildman–Crippen LogP) is 3.88. The molecule has 1 amide bonds. The van der Waals surface area contributed by atoms with Crippen LogP contribution in [0.15, 0.2) is 84.9 Å². The Bertz CT molecular complexity index is 875. The van der Waals surface area contributed by atoms with Crippen LogP contribution < -0.4 is 15.4 Å². The second kappa shape index (κ2) is 9.25. The maximum Gasteiger partial charge on any atom is 0.573 e. The van der Waals surface area contributed by atoms with E-state index in [4.69, 9.17) is 0 Å². The summed E-state index contributed by atoms with van der Waals surface area (Å²) in [5.74, 6) is -0.596. The molecule has 0 atom stereocenters. The van der Waals surface area contributed by atoms with Gasteiger partial charge in [0.05, 0.1) is 0 Å². The SMILES string of the molecule is O=C(C[NH2+]C(c1ccccc1)c1ccccc1)Nc1ccc(OC(F)(F)F)cc1. The average molecular weight is 401 g/mol. The van der Waals surface area contributed by atoms with E-state index in [1.165, 1.54) is 12.1 Å². The van der Waals surface area contributed by atoms with Gasteiger partial charge < -0.3 is 15.4 Å². The van der Waals surface area contributed by atoms with Gasteiger partial charge in [0.1, 0.15) is 11.8 Å². The molecule has 29 heavy (non-hydrogen) atoms. The van der Waals surface area contributed by atoms with Crippen molar-refractivity contribution in [3.63, 3.8) is 0 Å². The summed E-state index contributed by atoms with van der Waals surface area (Å²) in [7, 11) is 0. The summed E-state index contributed by atoms with van der Waals surface area (Å²) in [4.78, 5) is 12.3. The van der Waals surface area contributed by atoms with Crippen LogP contribution in [0.4, 0.5) is 18.9 Å². The number of carbonyl (C=O) groups is 1. The fraction of sp³-hybridized carbons (Fsp3) is 0.136. The van der Waals surface area contributed by atoms with E-state index >= 15 is 0 Å². The van der Waals surface area contributed by atoms with E-state index in [0.29, 0.717) is 5.69 Å². The quantitative estimate of drug-likeness (QED) is 0.631. The fourth-order valence-corrected chi connectivity index (χ4v) is 2.96. The van der Waals surface area contributed by atoms with Gasteiger partial charge in [-0.05, 0) is 24.3 Å². The van der Waals surface area contributed by atoms with Gasteiger partial charge in [-0.3, -0.25) is 4.79 Å². The molecule has 0 saturated heterocycles. The summed E-state index contributed by atoms with van der Waals surface area (Å²) in [6.45, 7) is 0.148. The van der Waals surface area contributed by atoms with Gasteiger partial charge in [-0.2, -0.15) is 0 Å². The van der Waals surface area contributed by atoms with Crippen molar-refractivity contribution in [2.24, 2.45) is 0 Å². The van der Waals surface area contributed by atoms with E-state index in [1.807, 2.05) is 66.0 Å². The molecule has 0 heterocycles. The van der Waals surface area contributed by atoms with Crippen molar-refractivity contribution in [2.45, 2.75) is 12.4 Å². The molecular weight excluding hydrogens is 381 g/mol. The highest BCUT2D eigenvalue weighted by Crippen LogP contribution is 2.24. The van der Waals surface area contributed by atoms with Gasteiger partial charge in [-0.25, -0.2) is 0 Å². The van der Waals surface area contributed by atoms with Crippen molar-refractivity contribution in [3.05, 3.63) is 96.1 Å². The largest absolute Gasteiger partial charge is 0.573 e. The minimum Gasteiger partial charge on any atom is -0.406 e. The smallest absolute Gasteiger partial charge is 0.406 e. The monoisotopic (exact) mass is 401 g/mol. The second-order valence-corrected chi connectivity index (χ2v) is 6.36. The Kier molecular flexibility index (Phi) is 6.51. The molecule has 3 aromatic carbocycles. The van der Waals surface area contributed by atoms with Crippen molar-refractivity contribution >= 4 is 11.6 Å². The van der Waals surface area contributed by atoms with Crippen molar-refractivity contribution in [1.82, 2.24) is 0 Å². The first-order valence-corrected chi connectivity index (χ1v) is 8.99. The highest BCUT2D eigenvalue weighted by atomic mass is 19.4. The Morgan fingerprint density at radius 1 is 0.862 bits per heavy atom. The van der Waals surface area contributed by atoms with E-state index in [9.17, 15) is 18.0 Å². The first-order chi connectivity index (χ1) is 13.9. The van der Waals surface area contributed by atoms with Gasteiger partial charge in [0, 0.05) is 16.8 Å². The maximum atomic E-state index is 12.3. The Morgan fingerprint density at radius 2 is 1.38 bits per heavy atom. The Labute approximate surface area is 166 Å². The minimum atomic E-state index is -4.75. The number of rotatable bonds is 7. The van der Waals surface area contributed by atoms with Crippen LogP contribution >= 0.6 is 0 Å². The molecule has 0 aliphatic heterocycles. The zero-order chi connectivity index (χ0) is 20.7. The number of benzene rings is 3. The Morgan fingerprint density at radius 3 is 1.86 bits per heavy atom. The molecule has 0 aromatic heterocycles. The van der Waals surface area contributed by atoms with Crippen molar-refractivity contribution in [1.29, 1.82) is 0 Å². The van der Waals surface area contributed by atoms with Crippen molar-refractivity contribution in [2.75, 3.05) is 11.9 Å². The van der Waals surface area contributed by atoms with E-state index in [2.05, 4.69) is 10.1 Å². The summed E-state index contributed by atoms with van der Waals surface area (Å²) < 4.78 is 40.5. The number of amides is 1. The predicted molar refractivity (Wildman–Crippen MR) is 103 cm³/mol. The lowest BCUT2D eigenvalue weighted by atomic mass is 9.99. The molecule has 7 heteroatoms. The lowest BCUT2D eigenvalue weighted by Gasteiger charge is -2.16. The highest BCUT2D eigenvalue weighted by molar-refractivity contribution is 5.91. The molecule has 0 aliphatic rings. The number of quaternary nitrogens is 1. The topological polar surface area (TPSA) is 54.9 Å². The third-order valence-electron chi connectivity index (χ3n) is 4.23. The number of ether oxygens (including phenoxy) is 1. The third kappa shape index (κ3) is 6.36. The Hall–Kier alpha value is -3.32. The molecular formula is C22H20F3N2O2+. The number of carbonyl (C=O) groups excluding carboxylic acids is 1. The lowest BCUT2D eigenvalue weighted by Crippen LogP contribution is -2.87. The first kappa shape index (κ1) is 20.4. The zero-order valence-corrected chi connectivity index (χ0v) is 15.4. The molecule has 3 aromatic rings. The van der Waals surface area contributed by atoms with Gasteiger partial charge in [-0.1, -0.05) is 60.7 Å². The summed E-state index contributed by atoms with van der Waals surface area (Å²) in [6.07, 6.45) is -4.75. The number of hydrogen-bond acceptors (Lipinski definition) is 2. The van der Waals surface area contributed by atoms with Crippen molar-refractivity contribution < 1.29 is 28.0 Å². The van der Waals surface area contributed by atoms with Crippen LogP contribution in [-0.4, -0.2) is 18.8 Å². The lowest BCUT2D eigenvalue weighted by molar-refractivity contribution is -0.676. The van der Waals surface area contributed by atoms with Gasteiger partial charge >= 0.3 is 6.36 Å². The number of alkyl halides is 3. The number of hydrogen-bond donors (Lipinski definition) is 2. The molecule has 0 unspecified atom stereocenters. The van der Waals surface area contributed by atoms with Crippen LogP contribution in [0, 0.1) is 0 Å². The summed E-state index contributed by atoms with van der Waals surface area (Å²) in [5, 5.41) is 4.60. The zero-order valence-electron chi connectivity index (χ0n) is 15.4. The third-order valence-corrected chi connectivity index (χ3v) is 4.23. The maximum absolute atomic E-state index is 12.3. The standard InChI is InChI=1S/C22H19F3N2O2/c23-22(24,25)29-19-13-11-18(12-14-19)27-20(28)15-26-21(16-7-3-1-4-8-16)17-9-5-2-6-10-17/h1-14,21,26H,15H2,(H,27,28)/p+1. The number of anilines is 1. The summed E-state index contributed by atoms with van der Waals surface area (Å²) in [6, 6.07) is 24.7. The fourth-order valence-electron chi connectivity index (χ4n) is 2.96. The Balaban J connectivity index is 1.62. The van der Waals surface area contributed by atoms with Gasteiger partial charge in [0.2, 0.25) is 0 Å². The van der Waals surface area contributed by atoms with Crippen LogP contribution in [0.25, 0.3) is 0 Å². The first-order valence-electron chi connectivity index (χ1n) is 8.99. The molecule has 0 bridgehead atoms. The van der Waals surface area contributed by atoms with Crippen LogP contribution in [0.3, 0.4) is 0 Å². The van der Waals surface area contributed by atoms with E-state index < -0.39 is 6.36 Å². The van der Waals surface area contributed by atoms with Gasteiger partial charge in [0.25, 0.3) is 5.91 Å². The molecule has 0 radical (unpaired) electrons. The molecule has 0 saturated carbocycles. The van der Waals surface area contributed by atoms with Crippen LogP contribution in [0.1, 0.15) is 17.2 Å². The minimum absolute atomic E-state index is 0.0503. The average Bonchev–Trinajstić information content (AvgIpc) is 2.70. The second-order valence-electron chi connectivity index (χ2n) is 6.36. The molecule has 4 nitrogen and oxygen atoms in total. The molecule has 3 rings (SSSR count). The van der Waals surface area contributed by atoms with E-state index in [0.717, 1.165) is 23.3 Å².